The molecule has 0 unspecified atom stereocenters. The van der Waals surface area contributed by atoms with Gasteiger partial charge in [0.25, 0.3) is 0 Å². The van der Waals surface area contributed by atoms with E-state index in [0.717, 1.165) is 13.1 Å². The minimum absolute atomic E-state index is 0.468. The summed E-state index contributed by atoms with van der Waals surface area (Å²) in [6.45, 7) is 1.91. The van der Waals surface area contributed by atoms with Gasteiger partial charge in [0, 0.05) is 6.04 Å². The summed E-state index contributed by atoms with van der Waals surface area (Å²) in [7, 11) is 0. The van der Waals surface area contributed by atoms with E-state index in [1.807, 2.05) is 0 Å². The fraction of sp³-hybridized carbons (Fsp3) is 0.500. The first-order valence-corrected chi connectivity index (χ1v) is 5.40. The molecule has 14 heavy (non-hydrogen) atoms. The lowest BCUT2D eigenvalue weighted by Crippen LogP contribution is -2.37. The van der Waals surface area contributed by atoms with Crippen molar-refractivity contribution >= 4 is 0 Å². The molecule has 1 saturated heterocycles. The van der Waals surface area contributed by atoms with E-state index in [4.69, 9.17) is 5.73 Å². The molecular formula is C12H18N2. The van der Waals surface area contributed by atoms with E-state index in [9.17, 15) is 0 Å². The Morgan fingerprint density at radius 3 is 2.79 bits per heavy atom. The predicted molar refractivity (Wildman–Crippen MR) is 59.0 cm³/mol. The number of piperidine rings is 1. The Hall–Kier alpha value is -0.860. The lowest BCUT2D eigenvalue weighted by atomic mass is 9.86. The van der Waals surface area contributed by atoms with Gasteiger partial charge in [-0.2, -0.15) is 0 Å². The first-order valence-electron chi connectivity index (χ1n) is 5.40. The lowest BCUT2D eigenvalue weighted by molar-refractivity contribution is 0.291. The molecule has 2 nitrogen and oxygen atoms in total. The van der Waals surface area contributed by atoms with E-state index >= 15 is 0 Å². The molecule has 0 spiro atoms. The van der Waals surface area contributed by atoms with E-state index in [2.05, 4.69) is 35.6 Å². The van der Waals surface area contributed by atoms with E-state index in [0.29, 0.717) is 12.0 Å². The van der Waals surface area contributed by atoms with Crippen LogP contribution in [0.5, 0.6) is 0 Å². The van der Waals surface area contributed by atoms with Gasteiger partial charge in [-0.15, -0.1) is 0 Å². The van der Waals surface area contributed by atoms with Crippen LogP contribution >= 0.6 is 0 Å². The Morgan fingerprint density at radius 2 is 2.07 bits per heavy atom. The van der Waals surface area contributed by atoms with Crippen molar-refractivity contribution in [2.24, 2.45) is 11.7 Å². The Bertz CT molecular complexity index is 271. The van der Waals surface area contributed by atoms with Gasteiger partial charge in [-0.3, -0.25) is 0 Å². The molecule has 2 heteroatoms. The minimum Gasteiger partial charge on any atom is -0.330 e. The summed E-state index contributed by atoms with van der Waals surface area (Å²) in [5.41, 5.74) is 7.17. The molecule has 1 aliphatic heterocycles. The van der Waals surface area contributed by atoms with Crippen LogP contribution in [0, 0.1) is 5.92 Å². The zero-order chi connectivity index (χ0) is 9.80. The smallest absolute Gasteiger partial charge is 0.0360 e. The van der Waals surface area contributed by atoms with Crippen LogP contribution in [0.15, 0.2) is 30.3 Å². The van der Waals surface area contributed by atoms with Crippen LogP contribution in [0.1, 0.15) is 24.4 Å². The van der Waals surface area contributed by atoms with Crippen LogP contribution in [-0.4, -0.2) is 13.1 Å². The maximum Gasteiger partial charge on any atom is 0.0360 e. The molecule has 76 valence electrons. The van der Waals surface area contributed by atoms with Crippen LogP contribution in [0.25, 0.3) is 0 Å². The van der Waals surface area contributed by atoms with Crippen molar-refractivity contribution in [2.75, 3.05) is 13.1 Å². The summed E-state index contributed by atoms with van der Waals surface area (Å²) in [4.78, 5) is 0. The molecule has 1 aromatic carbocycles. The summed E-state index contributed by atoms with van der Waals surface area (Å²) in [6, 6.07) is 11.1. The summed E-state index contributed by atoms with van der Waals surface area (Å²) < 4.78 is 0. The van der Waals surface area contributed by atoms with Crippen molar-refractivity contribution in [3.63, 3.8) is 0 Å². The number of hydrogen-bond acceptors (Lipinski definition) is 2. The van der Waals surface area contributed by atoms with Gasteiger partial charge in [-0.05, 0) is 37.4 Å². The second-order valence-corrected chi connectivity index (χ2v) is 3.98. The van der Waals surface area contributed by atoms with Gasteiger partial charge >= 0.3 is 0 Å². The van der Waals surface area contributed by atoms with Gasteiger partial charge in [-0.25, -0.2) is 0 Å². The minimum atomic E-state index is 0.468. The third kappa shape index (κ3) is 1.97. The Kier molecular flexibility index (Phi) is 3.17. The van der Waals surface area contributed by atoms with Gasteiger partial charge in [0.2, 0.25) is 0 Å². The van der Waals surface area contributed by atoms with Gasteiger partial charge in [0.15, 0.2) is 0 Å². The lowest BCUT2D eigenvalue weighted by Gasteiger charge is -2.32. The summed E-state index contributed by atoms with van der Waals surface area (Å²) in [5, 5.41) is 3.56. The molecule has 0 radical (unpaired) electrons. The fourth-order valence-electron chi connectivity index (χ4n) is 2.26. The molecule has 2 atom stereocenters. The topological polar surface area (TPSA) is 38.0 Å². The normalized spacial score (nSPS) is 27.5. The number of benzene rings is 1. The average Bonchev–Trinajstić information content (AvgIpc) is 2.30. The van der Waals surface area contributed by atoms with Crippen molar-refractivity contribution in [1.82, 2.24) is 5.32 Å². The monoisotopic (exact) mass is 190 g/mol. The SMILES string of the molecule is NC[C@@H]1CCCN[C@@H]1c1ccccc1. The molecule has 0 bridgehead atoms. The quantitative estimate of drug-likeness (QED) is 0.744. The number of hydrogen-bond donors (Lipinski definition) is 2. The zero-order valence-corrected chi connectivity index (χ0v) is 8.45. The van der Waals surface area contributed by atoms with Crippen molar-refractivity contribution in [1.29, 1.82) is 0 Å². The van der Waals surface area contributed by atoms with Crippen molar-refractivity contribution in [3.8, 4) is 0 Å². The third-order valence-corrected chi connectivity index (χ3v) is 3.05. The molecule has 3 N–H and O–H groups in total. The molecule has 1 fully saturated rings. The van der Waals surface area contributed by atoms with Crippen LogP contribution in [-0.2, 0) is 0 Å². The zero-order valence-electron chi connectivity index (χ0n) is 8.45. The Balaban J connectivity index is 2.15. The van der Waals surface area contributed by atoms with E-state index in [1.165, 1.54) is 18.4 Å². The highest BCUT2D eigenvalue weighted by Crippen LogP contribution is 2.27. The average molecular weight is 190 g/mol. The van der Waals surface area contributed by atoms with Gasteiger partial charge in [0.05, 0.1) is 0 Å². The second kappa shape index (κ2) is 4.58. The molecule has 1 aromatic rings. The van der Waals surface area contributed by atoms with E-state index < -0.39 is 0 Å². The van der Waals surface area contributed by atoms with E-state index in [-0.39, 0.29) is 0 Å². The second-order valence-electron chi connectivity index (χ2n) is 3.98. The largest absolute Gasteiger partial charge is 0.330 e. The van der Waals surface area contributed by atoms with Crippen molar-refractivity contribution in [2.45, 2.75) is 18.9 Å². The Morgan fingerprint density at radius 1 is 1.29 bits per heavy atom. The number of nitrogens with two attached hydrogens (primary N) is 1. The predicted octanol–water partition coefficient (Wildman–Crippen LogP) is 1.69. The number of rotatable bonds is 2. The highest BCUT2D eigenvalue weighted by atomic mass is 14.9. The summed E-state index contributed by atoms with van der Waals surface area (Å²) >= 11 is 0. The van der Waals surface area contributed by atoms with Crippen LogP contribution < -0.4 is 11.1 Å². The fourth-order valence-corrected chi connectivity index (χ4v) is 2.26. The first-order chi connectivity index (χ1) is 6.92. The molecule has 1 heterocycles. The van der Waals surface area contributed by atoms with Gasteiger partial charge in [-0.1, -0.05) is 30.3 Å². The van der Waals surface area contributed by atoms with Gasteiger partial charge in [0.1, 0.15) is 0 Å². The molecule has 0 saturated carbocycles. The first kappa shape index (κ1) is 9.69. The highest BCUT2D eigenvalue weighted by molar-refractivity contribution is 5.20. The van der Waals surface area contributed by atoms with Crippen molar-refractivity contribution < 1.29 is 0 Å². The standard InChI is InChI=1S/C12H18N2/c13-9-11-7-4-8-14-12(11)10-5-2-1-3-6-10/h1-3,5-6,11-12,14H,4,7-9,13H2/t11-,12+/m0/s1. The van der Waals surface area contributed by atoms with Crippen LogP contribution in [0.3, 0.4) is 0 Å². The molecule has 0 amide bonds. The third-order valence-electron chi connectivity index (χ3n) is 3.05. The molecule has 2 rings (SSSR count). The van der Waals surface area contributed by atoms with Crippen LogP contribution in [0.2, 0.25) is 0 Å². The van der Waals surface area contributed by atoms with Crippen molar-refractivity contribution in [3.05, 3.63) is 35.9 Å². The number of nitrogens with one attached hydrogen (secondary N) is 1. The summed E-state index contributed by atoms with van der Waals surface area (Å²) in [6.07, 6.45) is 2.51. The van der Waals surface area contributed by atoms with Crippen LogP contribution in [0.4, 0.5) is 0 Å². The van der Waals surface area contributed by atoms with E-state index in [1.54, 1.807) is 0 Å². The Labute approximate surface area is 85.5 Å². The highest BCUT2D eigenvalue weighted by Gasteiger charge is 2.24. The molecule has 1 aliphatic rings. The molecule has 0 aromatic heterocycles. The maximum absolute atomic E-state index is 5.79. The molecule has 0 aliphatic carbocycles. The maximum atomic E-state index is 5.79. The summed E-state index contributed by atoms with van der Waals surface area (Å²) in [5.74, 6) is 0.603. The molecular weight excluding hydrogens is 172 g/mol. The van der Waals surface area contributed by atoms with Gasteiger partial charge < -0.3 is 11.1 Å².